The van der Waals surface area contributed by atoms with Crippen molar-refractivity contribution < 1.29 is 14.4 Å². The quantitative estimate of drug-likeness (QED) is 0.797. The predicted octanol–water partition coefficient (Wildman–Crippen LogP) is 2.78. The number of carbonyl (C=O) groups is 3. The highest BCUT2D eigenvalue weighted by atomic mass is 35.5. The van der Waals surface area contributed by atoms with Crippen molar-refractivity contribution in [3.8, 4) is 0 Å². The molecule has 3 rings (SSSR count). The average molecular weight is 386 g/mol. The first-order valence-corrected chi connectivity index (χ1v) is 8.96. The first-order chi connectivity index (χ1) is 12.9. The highest BCUT2D eigenvalue weighted by Crippen LogP contribution is 2.35. The largest absolute Gasteiger partial charge is 0.345 e. The number of fused-ring (bicyclic) bond motifs is 1. The molecule has 2 aromatic carbocycles. The van der Waals surface area contributed by atoms with E-state index in [1.54, 1.807) is 38.4 Å². The smallest absolute Gasteiger partial charge is 0.313 e. The van der Waals surface area contributed by atoms with Crippen LogP contribution in [0.1, 0.15) is 33.9 Å². The van der Waals surface area contributed by atoms with Crippen molar-refractivity contribution in [3.63, 3.8) is 0 Å². The summed E-state index contributed by atoms with van der Waals surface area (Å²) < 4.78 is 0. The number of para-hydroxylation sites is 1. The van der Waals surface area contributed by atoms with E-state index in [9.17, 15) is 14.4 Å². The number of rotatable bonds is 3. The molecule has 0 aromatic heterocycles. The Balaban J connectivity index is 1.71. The molecule has 0 aliphatic heterocycles. The van der Waals surface area contributed by atoms with E-state index in [0.717, 1.165) is 17.5 Å². The highest BCUT2D eigenvalue weighted by molar-refractivity contribution is 6.40. The summed E-state index contributed by atoms with van der Waals surface area (Å²) in [6.45, 7) is 0. The van der Waals surface area contributed by atoms with Crippen LogP contribution >= 0.6 is 11.6 Å². The van der Waals surface area contributed by atoms with Crippen molar-refractivity contribution in [1.29, 1.82) is 0 Å². The molecule has 0 bridgehead atoms. The van der Waals surface area contributed by atoms with Gasteiger partial charge in [-0.15, -0.1) is 0 Å². The van der Waals surface area contributed by atoms with Crippen molar-refractivity contribution >= 4 is 35.0 Å². The molecule has 140 valence electrons. The molecule has 0 saturated carbocycles. The molecule has 0 radical (unpaired) electrons. The molecular weight excluding hydrogens is 366 g/mol. The van der Waals surface area contributed by atoms with E-state index >= 15 is 0 Å². The summed E-state index contributed by atoms with van der Waals surface area (Å²) in [5, 5.41) is 5.95. The molecule has 3 amide bonds. The van der Waals surface area contributed by atoms with Crippen LogP contribution in [0.5, 0.6) is 0 Å². The van der Waals surface area contributed by atoms with E-state index in [4.69, 9.17) is 11.6 Å². The maximum absolute atomic E-state index is 12.4. The average Bonchev–Trinajstić information content (AvgIpc) is 3.05. The van der Waals surface area contributed by atoms with Gasteiger partial charge in [0.2, 0.25) is 0 Å². The molecule has 2 N–H and O–H groups in total. The number of hydrogen-bond donors (Lipinski definition) is 2. The predicted molar refractivity (Wildman–Crippen MR) is 104 cm³/mol. The fourth-order valence-corrected chi connectivity index (χ4v) is 3.46. The Kier molecular flexibility index (Phi) is 5.46. The molecule has 0 heterocycles. The Labute approximate surface area is 162 Å². The molecule has 1 unspecified atom stereocenters. The van der Waals surface area contributed by atoms with E-state index in [-0.39, 0.29) is 11.9 Å². The van der Waals surface area contributed by atoms with E-state index < -0.39 is 11.8 Å². The molecule has 2 aromatic rings. The zero-order valence-electron chi connectivity index (χ0n) is 15.1. The third-order valence-electron chi connectivity index (χ3n) is 4.54. The van der Waals surface area contributed by atoms with Crippen LogP contribution in [0.4, 0.5) is 5.69 Å². The minimum absolute atomic E-state index is 0.254. The topological polar surface area (TPSA) is 78.5 Å². The lowest BCUT2D eigenvalue weighted by Gasteiger charge is -2.16. The third kappa shape index (κ3) is 3.95. The summed E-state index contributed by atoms with van der Waals surface area (Å²) in [6.07, 6.45) is 1.44. The van der Waals surface area contributed by atoms with E-state index in [1.807, 2.05) is 18.2 Å². The molecular formula is C20H20ClN3O3. The molecule has 6 nitrogen and oxygen atoms in total. The van der Waals surface area contributed by atoms with Crippen molar-refractivity contribution in [2.45, 2.75) is 18.9 Å². The number of nitrogens with one attached hydrogen (secondary N) is 2. The maximum atomic E-state index is 12.4. The lowest BCUT2D eigenvalue weighted by molar-refractivity contribution is -0.136. The van der Waals surface area contributed by atoms with E-state index in [2.05, 4.69) is 10.6 Å². The van der Waals surface area contributed by atoms with Gasteiger partial charge in [-0.05, 0) is 42.2 Å². The number of anilines is 1. The van der Waals surface area contributed by atoms with Crippen LogP contribution in [0.2, 0.25) is 5.02 Å². The first-order valence-electron chi connectivity index (χ1n) is 8.58. The van der Waals surface area contributed by atoms with E-state index in [0.29, 0.717) is 22.7 Å². The first kappa shape index (κ1) is 18.9. The zero-order chi connectivity index (χ0) is 19.6. The van der Waals surface area contributed by atoms with Crippen LogP contribution in [0, 0.1) is 0 Å². The van der Waals surface area contributed by atoms with Crippen LogP contribution in [0.25, 0.3) is 0 Å². The highest BCUT2D eigenvalue weighted by Gasteiger charge is 2.28. The number of hydrogen-bond acceptors (Lipinski definition) is 3. The molecule has 1 atom stereocenters. The molecule has 0 fully saturated rings. The Morgan fingerprint density at radius 2 is 1.78 bits per heavy atom. The van der Waals surface area contributed by atoms with Gasteiger partial charge >= 0.3 is 11.8 Å². The number of nitrogens with zero attached hydrogens (tertiary/aromatic N) is 1. The molecule has 1 aliphatic rings. The standard InChI is InChI=1S/C20H20ClN3O3/c1-24(2)20(27)14-6-3-4-9-16(14)22-18(25)19(26)23-17-11-10-12-13(17)7-5-8-15(12)21/h3-9,17H,10-11H2,1-2H3,(H,22,25)(H,23,26). The minimum Gasteiger partial charge on any atom is -0.345 e. The lowest BCUT2D eigenvalue weighted by Crippen LogP contribution is -2.37. The summed E-state index contributed by atoms with van der Waals surface area (Å²) in [5.74, 6) is -1.82. The van der Waals surface area contributed by atoms with E-state index in [1.165, 1.54) is 4.90 Å². The minimum atomic E-state index is -0.815. The molecule has 27 heavy (non-hydrogen) atoms. The van der Waals surface area contributed by atoms with Gasteiger partial charge in [0.25, 0.3) is 5.91 Å². The van der Waals surface area contributed by atoms with Crippen molar-refractivity contribution in [3.05, 3.63) is 64.2 Å². The second-order valence-electron chi connectivity index (χ2n) is 6.57. The van der Waals surface area contributed by atoms with Gasteiger partial charge < -0.3 is 15.5 Å². The Bertz CT molecular complexity index is 911. The van der Waals surface area contributed by atoms with Crippen molar-refractivity contribution in [2.75, 3.05) is 19.4 Å². The van der Waals surface area contributed by atoms with Crippen LogP contribution in [0.3, 0.4) is 0 Å². The molecule has 0 saturated heterocycles. The Morgan fingerprint density at radius 3 is 2.52 bits per heavy atom. The number of benzene rings is 2. The Morgan fingerprint density at radius 1 is 1.04 bits per heavy atom. The fraction of sp³-hybridized carbons (Fsp3) is 0.250. The van der Waals surface area contributed by atoms with Gasteiger partial charge in [0.15, 0.2) is 0 Å². The molecule has 1 aliphatic carbocycles. The monoisotopic (exact) mass is 385 g/mol. The lowest BCUT2D eigenvalue weighted by atomic mass is 10.1. The van der Waals surface area contributed by atoms with Crippen molar-refractivity contribution in [1.82, 2.24) is 10.2 Å². The molecule has 7 heteroatoms. The molecule has 0 spiro atoms. The summed E-state index contributed by atoms with van der Waals surface area (Å²) in [5.41, 5.74) is 2.56. The summed E-state index contributed by atoms with van der Waals surface area (Å²) in [6, 6.07) is 11.9. The summed E-state index contributed by atoms with van der Waals surface area (Å²) in [4.78, 5) is 38.3. The third-order valence-corrected chi connectivity index (χ3v) is 4.89. The second kappa shape index (κ2) is 7.80. The SMILES string of the molecule is CN(C)C(=O)c1ccccc1NC(=O)C(=O)NC1CCc2c(Cl)cccc21. The van der Waals surface area contributed by atoms with Crippen LogP contribution < -0.4 is 10.6 Å². The van der Waals surface area contributed by atoms with Gasteiger partial charge in [-0.2, -0.15) is 0 Å². The van der Waals surface area contributed by atoms with Crippen LogP contribution in [-0.2, 0) is 16.0 Å². The fourth-order valence-electron chi connectivity index (χ4n) is 3.18. The van der Waals surface area contributed by atoms with Gasteiger partial charge in [-0.3, -0.25) is 14.4 Å². The normalized spacial score (nSPS) is 15.0. The number of carbonyl (C=O) groups excluding carboxylic acids is 3. The second-order valence-corrected chi connectivity index (χ2v) is 6.98. The summed E-state index contributed by atoms with van der Waals surface area (Å²) in [7, 11) is 3.24. The maximum Gasteiger partial charge on any atom is 0.313 e. The van der Waals surface area contributed by atoms with Crippen LogP contribution in [-0.4, -0.2) is 36.7 Å². The Hall–Kier alpha value is -2.86. The van der Waals surface area contributed by atoms with Crippen molar-refractivity contribution in [2.24, 2.45) is 0 Å². The number of halogens is 1. The van der Waals surface area contributed by atoms with Gasteiger partial charge in [0.1, 0.15) is 0 Å². The summed E-state index contributed by atoms with van der Waals surface area (Å²) >= 11 is 6.19. The van der Waals surface area contributed by atoms with Gasteiger partial charge in [0, 0.05) is 19.1 Å². The van der Waals surface area contributed by atoms with Gasteiger partial charge in [-0.25, -0.2) is 0 Å². The number of amides is 3. The van der Waals surface area contributed by atoms with Gasteiger partial charge in [-0.1, -0.05) is 35.9 Å². The van der Waals surface area contributed by atoms with Crippen LogP contribution in [0.15, 0.2) is 42.5 Å². The zero-order valence-corrected chi connectivity index (χ0v) is 15.8. The van der Waals surface area contributed by atoms with Gasteiger partial charge in [0.05, 0.1) is 17.3 Å².